The van der Waals surface area contributed by atoms with E-state index in [0.29, 0.717) is 0 Å². The topological polar surface area (TPSA) is 308 Å². The fourth-order valence-electron chi connectivity index (χ4n) is 6.02. The van der Waals surface area contributed by atoms with Crippen LogP contribution in [0.4, 0.5) is 0 Å². The standard InChI is InChI=1S/C32H38O19/c1-11-19(37)22(40)24(42)29(47-11)45-9-32(44)10-46-31(28(32)43)51-27-23(41)20(38)17(8-33)49-30(27)50-26-21(39)18-15(36)6-14(35)7-16(18)48-25(26)12-2-4-13(34)5-3-12/h2-7,11,17,19-20,22-24,27-31,33-38,40-44H,8-10H2,1H3/t11-,17+,19-,20-,22+,23-,24+,27+,28-,29+,30-,31-,32-/m0/s1. The smallest absolute Gasteiger partial charge is 0.239 e. The third kappa shape index (κ3) is 6.97. The van der Waals surface area contributed by atoms with Gasteiger partial charge in [0.1, 0.15) is 76.5 Å². The van der Waals surface area contributed by atoms with Crippen LogP contribution >= 0.6 is 0 Å². The molecular weight excluding hydrogens is 688 g/mol. The zero-order valence-electron chi connectivity index (χ0n) is 26.7. The van der Waals surface area contributed by atoms with Gasteiger partial charge in [-0.05, 0) is 31.2 Å². The Balaban J connectivity index is 1.29. The number of aromatic hydroxyl groups is 3. The highest BCUT2D eigenvalue weighted by Crippen LogP contribution is 2.39. The Bertz CT molecular complexity index is 1750. The molecule has 1 aromatic heterocycles. The zero-order chi connectivity index (χ0) is 36.9. The second-order valence-electron chi connectivity index (χ2n) is 12.6. The van der Waals surface area contributed by atoms with Gasteiger partial charge in [-0.15, -0.1) is 0 Å². The van der Waals surface area contributed by atoms with Crippen molar-refractivity contribution in [1.82, 2.24) is 0 Å². The first-order chi connectivity index (χ1) is 24.1. The van der Waals surface area contributed by atoms with Gasteiger partial charge in [-0.2, -0.15) is 0 Å². The highest BCUT2D eigenvalue weighted by atomic mass is 16.8. The van der Waals surface area contributed by atoms with Crippen LogP contribution in [0.15, 0.2) is 45.6 Å². The summed E-state index contributed by atoms with van der Waals surface area (Å²) in [5, 5.41) is 114. The van der Waals surface area contributed by atoms with E-state index in [-0.39, 0.29) is 22.7 Å². The van der Waals surface area contributed by atoms with E-state index in [1.807, 2.05) is 0 Å². The summed E-state index contributed by atoms with van der Waals surface area (Å²) < 4.78 is 39.5. The van der Waals surface area contributed by atoms with Gasteiger partial charge in [0.15, 0.2) is 24.4 Å². The number of hydrogen-bond donors (Lipinski definition) is 11. The maximum absolute atomic E-state index is 13.9. The third-order valence-electron chi connectivity index (χ3n) is 9.01. The Morgan fingerprint density at radius 3 is 2.24 bits per heavy atom. The number of phenols is 3. The van der Waals surface area contributed by atoms with Gasteiger partial charge in [0.2, 0.25) is 17.5 Å². The normalized spacial score (nSPS) is 37.1. The molecule has 0 amide bonds. The van der Waals surface area contributed by atoms with Gasteiger partial charge in [0.05, 0.1) is 25.9 Å². The minimum absolute atomic E-state index is 0.138. The molecular formula is C32H38O19. The van der Waals surface area contributed by atoms with Crippen LogP contribution in [0, 0.1) is 0 Å². The van der Waals surface area contributed by atoms with Crippen LogP contribution in [0.3, 0.4) is 0 Å². The molecule has 0 radical (unpaired) electrons. The van der Waals surface area contributed by atoms with Crippen LogP contribution < -0.4 is 10.2 Å². The Morgan fingerprint density at radius 1 is 0.843 bits per heavy atom. The van der Waals surface area contributed by atoms with Gasteiger partial charge in [0.25, 0.3) is 0 Å². The van der Waals surface area contributed by atoms with Gasteiger partial charge >= 0.3 is 0 Å². The van der Waals surface area contributed by atoms with Crippen molar-refractivity contribution in [2.45, 2.75) is 86.3 Å². The predicted octanol–water partition coefficient (Wildman–Crippen LogP) is -2.93. The lowest BCUT2D eigenvalue weighted by Crippen LogP contribution is -2.62. The van der Waals surface area contributed by atoms with Gasteiger partial charge < -0.3 is 89.0 Å². The van der Waals surface area contributed by atoms with Crippen LogP contribution in [0.2, 0.25) is 0 Å². The van der Waals surface area contributed by atoms with Crippen LogP contribution in [0.5, 0.6) is 23.0 Å². The Kier molecular flexibility index (Phi) is 10.5. The first-order valence-electron chi connectivity index (χ1n) is 15.7. The summed E-state index contributed by atoms with van der Waals surface area (Å²) in [4.78, 5) is 13.9. The number of rotatable bonds is 9. The van der Waals surface area contributed by atoms with E-state index < -0.39 is 127 Å². The lowest BCUT2D eigenvalue weighted by atomic mass is 9.97. The molecule has 3 fully saturated rings. The van der Waals surface area contributed by atoms with Crippen molar-refractivity contribution in [3.63, 3.8) is 0 Å². The SMILES string of the molecule is C[C@@H]1O[C@@H](OC[C@]2(O)CO[C@@H](O[C@H]3[C@H](Oc4c(-c5ccc(O)cc5)oc5cc(O)cc(O)c5c4=O)O[C@H](CO)[C@H](O)[C@@H]3O)[C@@H]2O)[C@H](O)[C@H](O)[C@H]1O. The summed E-state index contributed by atoms with van der Waals surface area (Å²) in [7, 11) is 0. The van der Waals surface area contributed by atoms with Crippen LogP contribution in [-0.4, -0.2) is 155 Å². The molecule has 2 aromatic carbocycles. The van der Waals surface area contributed by atoms with Crippen molar-refractivity contribution >= 4 is 11.0 Å². The third-order valence-corrected chi connectivity index (χ3v) is 9.01. The van der Waals surface area contributed by atoms with Crippen molar-refractivity contribution in [3.05, 3.63) is 46.6 Å². The highest BCUT2D eigenvalue weighted by Gasteiger charge is 2.55. The van der Waals surface area contributed by atoms with Crippen LogP contribution in [0.25, 0.3) is 22.3 Å². The fraction of sp³-hybridized carbons (Fsp3) is 0.531. The molecule has 3 saturated heterocycles. The van der Waals surface area contributed by atoms with Gasteiger partial charge in [-0.3, -0.25) is 4.79 Å². The van der Waals surface area contributed by atoms with E-state index in [4.69, 9.17) is 32.8 Å². The van der Waals surface area contributed by atoms with Gasteiger partial charge in [-0.25, -0.2) is 0 Å². The summed E-state index contributed by atoms with van der Waals surface area (Å²) in [5.41, 5.74) is -3.34. The van der Waals surface area contributed by atoms with Gasteiger partial charge in [0, 0.05) is 17.7 Å². The molecule has 13 atom stereocenters. The predicted molar refractivity (Wildman–Crippen MR) is 165 cm³/mol. The Hall–Kier alpha value is -3.67. The van der Waals surface area contributed by atoms with E-state index in [2.05, 4.69) is 0 Å². The van der Waals surface area contributed by atoms with Crippen molar-refractivity contribution in [3.8, 4) is 34.3 Å². The van der Waals surface area contributed by atoms with Crippen molar-refractivity contribution in [1.29, 1.82) is 0 Å². The summed E-state index contributed by atoms with van der Waals surface area (Å²) >= 11 is 0. The first-order valence-corrected chi connectivity index (χ1v) is 15.7. The maximum atomic E-state index is 13.9. The van der Waals surface area contributed by atoms with Crippen LogP contribution in [-0.2, 0) is 23.7 Å². The Morgan fingerprint density at radius 2 is 1.55 bits per heavy atom. The quantitative estimate of drug-likeness (QED) is 0.105. The largest absolute Gasteiger partial charge is 0.508 e. The monoisotopic (exact) mass is 726 g/mol. The number of hydrogen-bond acceptors (Lipinski definition) is 19. The average molecular weight is 727 g/mol. The number of aliphatic hydroxyl groups excluding tert-OH is 7. The fourth-order valence-corrected chi connectivity index (χ4v) is 6.02. The molecule has 6 rings (SSSR count). The molecule has 51 heavy (non-hydrogen) atoms. The number of benzene rings is 2. The second kappa shape index (κ2) is 14.4. The second-order valence-corrected chi connectivity index (χ2v) is 12.6. The number of ether oxygens (including phenoxy) is 6. The first kappa shape index (κ1) is 37.1. The number of aliphatic hydroxyl groups is 8. The Labute approximate surface area is 287 Å². The number of fused-ring (bicyclic) bond motifs is 1. The van der Waals surface area contributed by atoms with Crippen molar-refractivity contribution in [2.75, 3.05) is 19.8 Å². The lowest BCUT2D eigenvalue weighted by Gasteiger charge is -2.42. The summed E-state index contributed by atoms with van der Waals surface area (Å²) in [6, 6.07) is 7.19. The van der Waals surface area contributed by atoms with Crippen molar-refractivity contribution < 1.29 is 89.0 Å². The molecule has 3 aromatic rings. The molecule has 19 nitrogen and oxygen atoms in total. The van der Waals surface area contributed by atoms with E-state index in [9.17, 15) is 61.0 Å². The molecule has 0 unspecified atom stereocenters. The van der Waals surface area contributed by atoms with Crippen molar-refractivity contribution in [2.24, 2.45) is 0 Å². The molecule has 3 aliphatic heterocycles. The molecule has 0 spiro atoms. The lowest BCUT2D eigenvalue weighted by molar-refractivity contribution is -0.320. The molecule has 4 heterocycles. The minimum atomic E-state index is -2.24. The molecule has 0 aliphatic carbocycles. The molecule has 0 bridgehead atoms. The highest BCUT2D eigenvalue weighted by molar-refractivity contribution is 5.88. The molecule has 280 valence electrons. The zero-order valence-corrected chi connectivity index (χ0v) is 26.7. The van der Waals surface area contributed by atoms with E-state index in [0.717, 1.165) is 12.1 Å². The van der Waals surface area contributed by atoms with E-state index in [1.165, 1.54) is 31.2 Å². The average Bonchev–Trinajstić information content (AvgIpc) is 3.37. The summed E-state index contributed by atoms with van der Waals surface area (Å²) in [5.74, 6) is -2.20. The molecule has 0 saturated carbocycles. The van der Waals surface area contributed by atoms with E-state index in [1.54, 1.807) is 0 Å². The molecule has 11 N–H and O–H groups in total. The van der Waals surface area contributed by atoms with E-state index >= 15 is 0 Å². The van der Waals surface area contributed by atoms with Gasteiger partial charge in [-0.1, -0.05) is 0 Å². The maximum Gasteiger partial charge on any atom is 0.239 e. The number of phenolic OH excluding ortho intramolecular Hbond substituents is 3. The minimum Gasteiger partial charge on any atom is -0.508 e. The van der Waals surface area contributed by atoms with Crippen LogP contribution in [0.1, 0.15) is 6.92 Å². The molecule has 19 heteroatoms. The molecule has 3 aliphatic rings. The summed E-state index contributed by atoms with van der Waals surface area (Å²) in [6.45, 7) is -0.833. The summed E-state index contributed by atoms with van der Waals surface area (Å²) in [6.07, 6.45) is -20.0.